The van der Waals surface area contributed by atoms with Gasteiger partial charge in [-0.25, -0.2) is 0 Å². The summed E-state index contributed by atoms with van der Waals surface area (Å²) in [5.41, 5.74) is -0.190. The number of anilines is 1. The molecule has 6 heteroatoms. The van der Waals surface area contributed by atoms with E-state index in [9.17, 15) is 18.0 Å². The molecule has 1 aliphatic heterocycles. The van der Waals surface area contributed by atoms with E-state index >= 15 is 0 Å². The van der Waals surface area contributed by atoms with Crippen molar-refractivity contribution in [2.75, 3.05) is 18.6 Å². The molecule has 1 atom stereocenters. The molecule has 1 amide bonds. The maximum absolute atomic E-state index is 12.9. The molecule has 0 unspecified atom stereocenters. The van der Waals surface area contributed by atoms with Crippen molar-refractivity contribution >= 4 is 11.6 Å². The Balaban J connectivity index is 1.86. The van der Waals surface area contributed by atoms with Crippen LogP contribution in [0.1, 0.15) is 24.5 Å². The average Bonchev–Trinajstić information content (AvgIpc) is 2.91. The van der Waals surface area contributed by atoms with E-state index in [0.29, 0.717) is 24.3 Å². The maximum Gasteiger partial charge on any atom is 0.416 e. The second-order valence-electron chi connectivity index (χ2n) is 6.31. The number of methoxy groups -OCH3 is 1. The average molecular weight is 349 g/mol. The first-order chi connectivity index (χ1) is 11.8. The molecule has 3 rings (SSSR count). The third-order valence-corrected chi connectivity index (χ3v) is 4.79. The highest BCUT2D eigenvalue weighted by molar-refractivity contribution is 6.03. The van der Waals surface area contributed by atoms with Crippen LogP contribution in [0.2, 0.25) is 0 Å². The van der Waals surface area contributed by atoms with Crippen molar-refractivity contribution in [3.8, 4) is 5.75 Å². The molecule has 1 fully saturated rings. The topological polar surface area (TPSA) is 29.5 Å². The van der Waals surface area contributed by atoms with E-state index in [2.05, 4.69) is 0 Å². The smallest absolute Gasteiger partial charge is 0.416 e. The SMILES string of the molecule is COc1ccc(N2CC[C@@](C)(c3ccc(C(F)(F)F)cc3)C2=O)cc1. The number of halogens is 3. The minimum atomic E-state index is -4.38. The summed E-state index contributed by atoms with van der Waals surface area (Å²) in [4.78, 5) is 14.6. The summed E-state index contributed by atoms with van der Waals surface area (Å²) in [6.45, 7) is 2.30. The van der Waals surface area contributed by atoms with Gasteiger partial charge in [-0.05, 0) is 55.3 Å². The van der Waals surface area contributed by atoms with E-state index in [0.717, 1.165) is 17.8 Å². The summed E-state index contributed by atoms with van der Waals surface area (Å²) in [6.07, 6.45) is -3.84. The molecule has 3 nitrogen and oxygen atoms in total. The largest absolute Gasteiger partial charge is 0.497 e. The fraction of sp³-hybridized carbons (Fsp3) is 0.316. The number of benzene rings is 2. The molecule has 132 valence electrons. The Morgan fingerprint density at radius 3 is 2.16 bits per heavy atom. The summed E-state index contributed by atoms with van der Waals surface area (Å²) >= 11 is 0. The van der Waals surface area contributed by atoms with Crippen LogP contribution in [0.25, 0.3) is 0 Å². The van der Waals surface area contributed by atoms with Crippen LogP contribution in [0.5, 0.6) is 5.75 Å². The number of ether oxygens (including phenoxy) is 1. The van der Waals surface area contributed by atoms with Gasteiger partial charge in [0, 0.05) is 12.2 Å². The predicted molar refractivity (Wildman–Crippen MR) is 88.8 cm³/mol. The first-order valence-electron chi connectivity index (χ1n) is 7.89. The van der Waals surface area contributed by atoms with Crippen molar-refractivity contribution in [2.45, 2.75) is 24.9 Å². The van der Waals surface area contributed by atoms with Gasteiger partial charge < -0.3 is 9.64 Å². The van der Waals surface area contributed by atoms with Crippen molar-refractivity contribution in [2.24, 2.45) is 0 Å². The second kappa shape index (κ2) is 6.10. The van der Waals surface area contributed by atoms with Crippen molar-refractivity contribution in [1.29, 1.82) is 0 Å². The number of rotatable bonds is 3. The first kappa shape index (κ1) is 17.3. The highest BCUT2D eigenvalue weighted by Crippen LogP contribution is 2.39. The number of carbonyl (C=O) groups excluding carboxylic acids is 1. The zero-order chi connectivity index (χ0) is 18.2. The van der Waals surface area contributed by atoms with E-state index in [-0.39, 0.29) is 5.91 Å². The van der Waals surface area contributed by atoms with Gasteiger partial charge >= 0.3 is 6.18 Å². The van der Waals surface area contributed by atoms with Crippen LogP contribution in [0.3, 0.4) is 0 Å². The van der Waals surface area contributed by atoms with Crippen molar-refractivity contribution in [3.05, 3.63) is 59.7 Å². The summed E-state index contributed by atoms with van der Waals surface area (Å²) in [5, 5.41) is 0. The number of nitrogens with zero attached hydrogens (tertiary/aromatic N) is 1. The first-order valence-corrected chi connectivity index (χ1v) is 7.89. The van der Waals surface area contributed by atoms with Crippen LogP contribution in [-0.2, 0) is 16.4 Å². The molecule has 1 aliphatic rings. The van der Waals surface area contributed by atoms with Gasteiger partial charge in [0.2, 0.25) is 5.91 Å². The van der Waals surface area contributed by atoms with Crippen molar-refractivity contribution in [3.63, 3.8) is 0 Å². The Labute approximate surface area is 144 Å². The molecule has 0 radical (unpaired) electrons. The van der Waals surface area contributed by atoms with Crippen molar-refractivity contribution in [1.82, 2.24) is 0 Å². The summed E-state index contributed by atoms with van der Waals surface area (Å²) in [6, 6.07) is 12.0. The third kappa shape index (κ3) is 3.08. The zero-order valence-electron chi connectivity index (χ0n) is 13.9. The predicted octanol–water partition coefficient (Wildman–Crippen LogP) is 4.41. The van der Waals surface area contributed by atoms with E-state index in [4.69, 9.17) is 4.74 Å². The number of hydrogen-bond donors (Lipinski definition) is 0. The molecule has 0 aromatic heterocycles. The lowest BCUT2D eigenvalue weighted by Crippen LogP contribution is -2.35. The standard InChI is InChI=1S/C19H18F3NO2/c1-18(13-3-5-14(6-4-13)19(20,21)22)11-12-23(17(18)24)15-7-9-16(25-2)10-8-15/h3-10H,11-12H2,1-2H3/t18-/m0/s1. The van der Waals surface area contributed by atoms with Gasteiger partial charge in [0.15, 0.2) is 0 Å². The molecule has 2 aromatic carbocycles. The highest BCUT2D eigenvalue weighted by atomic mass is 19.4. The highest BCUT2D eigenvalue weighted by Gasteiger charge is 2.44. The molecule has 0 bridgehead atoms. The molecular formula is C19H18F3NO2. The Morgan fingerprint density at radius 1 is 1.04 bits per heavy atom. The molecule has 25 heavy (non-hydrogen) atoms. The molecule has 0 saturated carbocycles. The van der Waals surface area contributed by atoms with Gasteiger partial charge in [-0.2, -0.15) is 13.2 Å². The van der Waals surface area contributed by atoms with Crippen LogP contribution in [0, 0.1) is 0 Å². The Kier molecular flexibility index (Phi) is 4.22. The second-order valence-corrected chi connectivity index (χ2v) is 6.31. The zero-order valence-corrected chi connectivity index (χ0v) is 13.9. The van der Waals surface area contributed by atoms with Crippen molar-refractivity contribution < 1.29 is 22.7 Å². The van der Waals surface area contributed by atoms with Crippen LogP contribution in [0.4, 0.5) is 18.9 Å². The number of amides is 1. The summed E-state index contributed by atoms with van der Waals surface area (Å²) in [7, 11) is 1.57. The quantitative estimate of drug-likeness (QED) is 0.822. The normalized spacial score (nSPS) is 20.8. The number of carbonyl (C=O) groups is 1. The van der Waals surface area contributed by atoms with Gasteiger partial charge in [0.1, 0.15) is 5.75 Å². The van der Waals surface area contributed by atoms with E-state index in [1.165, 1.54) is 12.1 Å². The van der Waals surface area contributed by atoms with E-state index in [1.54, 1.807) is 43.2 Å². The number of hydrogen-bond acceptors (Lipinski definition) is 2. The van der Waals surface area contributed by atoms with Gasteiger partial charge in [-0.1, -0.05) is 12.1 Å². The molecule has 1 saturated heterocycles. The molecule has 0 N–H and O–H groups in total. The van der Waals surface area contributed by atoms with E-state index < -0.39 is 17.2 Å². The van der Waals surface area contributed by atoms with E-state index in [1.807, 2.05) is 0 Å². The van der Waals surface area contributed by atoms with Gasteiger partial charge in [-0.15, -0.1) is 0 Å². The van der Waals surface area contributed by atoms with Gasteiger partial charge in [-0.3, -0.25) is 4.79 Å². The molecular weight excluding hydrogens is 331 g/mol. The third-order valence-electron chi connectivity index (χ3n) is 4.79. The fourth-order valence-corrected chi connectivity index (χ4v) is 3.15. The minimum absolute atomic E-state index is 0.113. The summed E-state index contributed by atoms with van der Waals surface area (Å²) < 4.78 is 43.3. The molecule has 0 aliphatic carbocycles. The van der Waals surface area contributed by atoms with Gasteiger partial charge in [0.05, 0.1) is 18.1 Å². The van der Waals surface area contributed by atoms with Crippen LogP contribution >= 0.6 is 0 Å². The lowest BCUT2D eigenvalue weighted by molar-refractivity contribution is -0.137. The van der Waals surface area contributed by atoms with Crippen LogP contribution in [0.15, 0.2) is 48.5 Å². The Bertz CT molecular complexity index is 769. The lowest BCUT2D eigenvalue weighted by Gasteiger charge is -2.24. The fourth-order valence-electron chi connectivity index (χ4n) is 3.15. The van der Waals surface area contributed by atoms with Gasteiger partial charge in [0.25, 0.3) is 0 Å². The molecule has 2 aromatic rings. The maximum atomic E-state index is 12.9. The van der Waals surface area contributed by atoms with Crippen LogP contribution in [-0.4, -0.2) is 19.6 Å². The number of alkyl halides is 3. The molecule has 1 heterocycles. The molecule has 0 spiro atoms. The minimum Gasteiger partial charge on any atom is -0.497 e. The lowest BCUT2D eigenvalue weighted by atomic mass is 9.81. The monoisotopic (exact) mass is 349 g/mol. The van der Waals surface area contributed by atoms with Crippen LogP contribution < -0.4 is 9.64 Å². The summed E-state index contributed by atoms with van der Waals surface area (Å²) in [5.74, 6) is 0.582. The Morgan fingerprint density at radius 2 is 1.64 bits per heavy atom. The Hall–Kier alpha value is -2.50.